The molecule has 1 aromatic carbocycles. The normalized spacial score (nSPS) is 10.6. The standard InChI is InChI=1S/C15H21N3O4/c1-10(2)17-14(19)8-15(20)18-16-9-11-5-6-12(21-3)13(7-11)22-4/h5-7,9-10H,8H2,1-4H3,(H,17,19)(H,18,20). The van der Waals surface area contributed by atoms with E-state index in [2.05, 4.69) is 15.8 Å². The molecule has 0 aliphatic rings. The lowest BCUT2D eigenvalue weighted by Gasteiger charge is -2.08. The number of benzene rings is 1. The summed E-state index contributed by atoms with van der Waals surface area (Å²) in [4.78, 5) is 22.9. The molecule has 0 aliphatic heterocycles. The van der Waals surface area contributed by atoms with Crippen LogP contribution in [-0.2, 0) is 9.59 Å². The van der Waals surface area contributed by atoms with Crippen LogP contribution in [-0.4, -0.2) is 38.3 Å². The number of hydrazone groups is 1. The van der Waals surface area contributed by atoms with E-state index in [0.29, 0.717) is 11.5 Å². The molecule has 0 saturated carbocycles. The molecule has 0 spiro atoms. The Morgan fingerprint density at radius 1 is 1.18 bits per heavy atom. The molecular weight excluding hydrogens is 286 g/mol. The van der Waals surface area contributed by atoms with Crippen LogP contribution in [0.4, 0.5) is 0 Å². The number of nitrogens with zero attached hydrogens (tertiary/aromatic N) is 1. The largest absolute Gasteiger partial charge is 0.493 e. The second kappa shape index (κ2) is 8.66. The Bertz CT molecular complexity index is 556. The van der Waals surface area contributed by atoms with Crippen LogP contribution in [0.1, 0.15) is 25.8 Å². The summed E-state index contributed by atoms with van der Waals surface area (Å²) in [6.07, 6.45) is 1.20. The Morgan fingerprint density at radius 2 is 1.86 bits per heavy atom. The lowest BCUT2D eigenvalue weighted by atomic mass is 10.2. The van der Waals surface area contributed by atoms with Crippen molar-refractivity contribution < 1.29 is 19.1 Å². The molecule has 22 heavy (non-hydrogen) atoms. The van der Waals surface area contributed by atoms with E-state index in [4.69, 9.17) is 9.47 Å². The zero-order chi connectivity index (χ0) is 16.5. The van der Waals surface area contributed by atoms with E-state index in [1.165, 1.54) is 13.3 Å². The number of hydrogen-bond acceptors (Lipinski definition) is 5. The topological polar surface area (TPSA) is 89.0 Å². The third-order valence-corrected chi connectivity index (χ3v) is 2.58. The maximum absolute atomic E-state index is 11.5. The summed E-state index contributed by atoms with van der Waals surface area (Å²) in [5.41, 5.74) is 3.03. The first kappa shape index (κ1) is 17.5. The minimum atomic E-state index is -0.477. The Morgan fingerprint density at radius 3 is 2.45 bits per heavy atom. The first-order valence-electron chi connectivity index (χ1n) is 6.79. The van der Waals surface area contributed by atoms with Gasteiger partial charge >= 0.3 is 0 Å². The molecule has 2 N–H and O–H groups in total. The molecule has 1 rings (SSSR count). The van der Waals surface area contributed by atoms with Crippen molar-refractivity contribution in [1.29, 1.82) is 0 Å². The number of hydrogen-bond donors (Lipinski definition) is 2. The van der Waals surface area contributed by atoms with Crippen LogP contribution in [0.3, 0.4) is 0 Å². The van der Waals surface area contributed by atoms with Crippen LogP contribution in [0.25, 0.3) is 0 Å². The molecule has 0 saturated heterocycles. The van der Waals surface area contributed by atoms with Gasteiger partial charge in [-0.25, -0.2) is 5.43 Å². The third-order valence-electron chi connectivity index (χ3n) is 2.58. The average molecular weight is 307 g/mol. The van der Waals surface area contributed by atoms with Gasteiger partial charge in [0.05, 0.1) is 20.4 Å². The Hall–Kier alpha value is -2.57. The summed E-state index contributed by atoms with van der Waals surface area (Å²) < 4.78 is 10.3. The lowest BCUT2D eigenvalue weighted by Crippen LogP contribution is -2.34. The van der Waals surface area contributed by atoms with E-state index in [-0.39, 0.29) is 18.4 Å². The van der Waals surface area contributed by atoms with Gasteiger partial charge in [0.15, 0.2) is 11.5 Å². The van der Waals surface area contributed by atoms with Crippen molar-refractivity contribution in [2.45, 2.75) is 26.3 Å². The summed E-state index contributed by atoms with van der Waals surface area (Å²) in [6.45, 7) is 3.65. The smallest absolute Gasteiger partial charge is 0.249 e. The molecule has 0 atom stereocenters. The molecule has 0 aliphatic carbocycles. The maximum atomic E-state index is 11.5. The third kappa shape index (κ3) is 5.82. The number of carbonyl (C=O) groups excluding carboxylic acids is 2. The molecule has 0 heterocycles. The molecule has 0 bridgehead atoms. The number of amides is 2. The Kier molecular flexibility index (Phi) is 6.88. The van der Waals surface area contributed by atoms with Gasteiger partial charge < -0.3 is 14.8 Å². The van der Waals surface area contributed by atoms with E-state index >= 15 is 0 Å². The minimum Gasteiger partial charge on any atom is -0.493 e. The molecule has 1 aromatic rings. The number of carbonyl (C=O) groups is 2. The highest BCUT2D eigenvalue weighted by atomic mass is 16.5. The number of rotatable bonds is 7. The van der Waals surface area contributed by atoms with Gasteiger partial charge in [0.25, 0.3) is 0 Å². The second-order valence-electron chi connectivity index (χ2n) is 4.81. The van der Waals surface area contributed by atoms with Gasteiger partial charge in [-0.05, 0) is 37.6 Å². The van der Waals surface area contributed by atoms with E-state index < -0.39 is 5.91 Å². The van der Waals surface area contributed by atoms with E-state index in [0.717, 1.165) is 5.56 Å². The van der Waals surface area contributed by atoms with E-state index in [9.17, 15) is 9.59 Å². The molecule has 0 unspecified atom stereocenters. The quantitative estimate of drug-likeness (QED) is 0.448. The zero-order valence-electron chi connectivity index (χ0n) is 13.2. The van der Waals surface area contributed by atoms with E-state index in [1.807, 2.05) is 13.8 Å². The average Bonchev–Trinajstić information content (AvgIpc) is 2.45. The van der Waals surface area contributed by atoms with Gasteiger partial charge in [-0.2, -0.15) is 5.10 Å². The summed E-state index contributed by atoms with van der Waals surface area (Å²) >= 11 is 0. The van der Waals surface area contributed by atoms with Crippen molar-refractivity contribution in [2.75, 3.05) is 14.2 Å². The highest BCUT2D eigenvalue weighted by Crippen LogP contribution is 2.26. The van der Waals surface area contributed by atoms with Crippen LogP contribution in [0.5, 0.6) is 11.5 Å². The summed E-state index contributed by atoms with van der Waals surface area (Å²) in [5, 5.41) is 6.43. The predicted octanol–water partition coefficient (Wildman–Crippen LogP) is 1.07. The molecule has 7 heteroatoms. The number of nitrogens with one attached hydrogen (secondary N) is 2. The van der Waals surface area contributed by atoms with E-state index in [1.54, 1.807) is 25.3 Å². The van der Waals surface area contributed by atoms with Crippen molar-refractivity contribution >= 4 is 18.0 Å². The molecule has 7 nitrogen and oxygen atoms in total. The lowest BCUT2D eigenvalue weighted by molar-refractivity contribution is -0.129. The van der Waals surface area contributed by atoms with Crippen molar-refractivity contribution in [3.63, 3.8) is 0 Å². The van der Waals surface area contributed by atoms with Gasteiger partial charge in [-0.1, -0.05) is 0 Å². The fraction of sp³-hybridized carbons (Fsp3) is 0.400. The summed E-state index contributed by atoms with van der Waals surface area (Å²) in [5.74, 6) is 0.354. The Balaban J connectivity index is 2.55. The van der Waals surface area contributed by atoms with Crippen LogP contribution in [0, 0.1) is 0 Å². The zero-order valence-corrected chi connectivity index (χ0v) is 13.2. The van der Waals surface area contributed by atoms with Crippen LogP contribution in [0.15, 0.2) is 23.3 Å². The number of ether oxygens (including phenoxy) is 2. The summed E-state index contributed by atoms with van der Waals surface area (Å²) in [7, 11) is 3.09. The first-order valence-corrected chi connectivity index (χ1v) is 6.79. The first-order chi connectivity index (χ1) is 10.5. The molecule has 0 aromatic heterocycles. The van der Waals surface area contributed by atoms with Crippen LogP contribution >= 0.6 is 0 Å². The maximum Gasteiger partial charge on any atom is 0.249 e. The van der Waals surface area contributed by atoms with Crippen LogP contribution in [0.2, 0.25) is 0 Å². The monoisotopic (exact) mass is 307 g/mol. The van der Waals surface area contributed by atoms with Gasteiger partial charge in [0.2, 0.25) is 11.8 Å². The molecule has 2 amide bonds. The van der Waals surface area contributed by atoms with Gasteiger partial charge in [0, 0.05) is 6.04 Å². The molecule has 0 radical (unpaired) electrons. The van der Waals surface area contributed by atoms with Gasteiger partial charge in [-0.3, -0.25) is 9.59 Å². The second-order valence-corrected chi connectivity index (χ2v) is 4.81. The van der Waals surface area contributed by atoms with Gasteiger partial charge in [-0.15, -0.1) is 0 Å². The molecular formula is C15H21N3O4. The van der Waals surface area contributed by atoms with Crippen molar-refractivity contribution in [1.82, 2.24) is 10.7 Å². The highest BCUT2D eigenvalue weighted by molar-refractivity contribution is 5.97. The fourth-order valence-electron chi connectivity index (χ4n) is 1.67. The molecule has 120 valence electrons. The fourth-order valence-corrected chi connectivity index (χ4v) is 1.67. The minimum absolute atomic E-state index is 0.00411. The predicted molar refractivity (Wildman–Crippen MR) is 83.2 cm³/mol. The molecule has 0 fully saturated rings. The van der Waals surface area contributed by atoms with Gasteiger partial charge in [0.1, 0.15) is 6.42 Å². The highest BCUT2D eigenvalue weighted by Gasteiger charge is 2.09. The van der Waals surface area contributed by atoms with Crippen molar-refractivity contribution in [2.24, 2.45) is 5.10 Å². The van der Waals surface area contributed by atoms with Crippen LogP contribution < -0.4 is 20.2 Å². The Labute approximate surface area is 129 Å². The van der Waals surface area contributed by atoms with Crippen molar-refractivity contribution in [3.05, 3.63) is 23.8 Å². The SMILES string of the molecule is COc1ccc(C=NNC(=O)CC(=O)NC(C)C)cc1OC. The number of methoxy groups -OCH3 is 2. The van der Waals surface area contributed by atoms with Crippen molar-refractivity contribution in [3.8, 4) is 11.5 Å². The summed E-state index contributed by atoms with van der Waals surface area (Å²) in [6, 6.07) is 5.22.